The molecule has 0 spiro atoms. The maximum atomic E-state index is 5.72. The van der Waals surface area contributed by atoms with Crippen LogP contribution in [0.1, 0.15) is 26.7 Å². The predicted octanol–water partition coefficient (Wildman–Crippen LogP) is 1.44. The van der Waals surface area contributed by atoms with Gasteiger partial charge in [0.25, 0.3) is 0 Å². The molecule has 5 heteroatoms. The monoisotopic (exact) mass is 238 g/mol. The molecule has 0 saturated carbocycles. The summed E-state index contributed by atoms with van der Waals surface area (Å²) < 4.78 is 5.47. The predicted molar refractivity (Wildman–Crippen MR) is 69.4 cm³/mol. The fourth-order valence-electron chi connectivity index (χ4n) is 1.30. The van der Waals surface area contributed by atoms with Crippen LogP contribution in [-0.4, -0.2) is 36.2 Å². The van der Waals surface area contributed by atoms with E-state index in [1.165, 1.54) is 0 Å². The van der Waals surface area contributed by atoms with Gasteiger partial charge < -0.3 is 15.4 Å². The van der Waals surface area contributed by atoms with E-state index >= 15 is 0 Å². The number of rotatable bonds is 7. The summed E-state index contributed by atoms with van der Waals surface area (Å²) in [5.74, 6) is 1.31. The molecule has 1 atom stereocenters. The van der Waals surface area contributed by atoms with E-state index in [0.29, 0.717) is 18.4 Å². The molecule has 0 aliphatic heterocycles. The highest BCUT2D eigenvalue weighted by Crippen LogP contribution is 2.12. The summed E-state index contributed by atoms with van der Waals surface area (Å²) in [6.45, 7) is 5.58. The molecule has 0 aliphatic rings. The van der Waals surface area contributed by atoms with Crippen molar-refractivity contribution >= 4 is 5.95 Å². The topological polar surface area (TPSA) is 64.3 Å². The summed E-state index contributed by atoms with van der Waals surface area (Å²) in [5.41, 5.74) is 5.72. The lowest BCUT2D eigenvalue weighted by Gasteiger charge is -2.18. The van der Waals surface area contributed by atoms with Crippen LogP contribution in [0.2, 0.25) is 0 Å². The second-order valence-electron chi connectivity index (χ2n) is 4.23. The molecule has 0 radical (unpaired) electrons. The largest absolute Gasteiger partial charge is 0.478 e. The minimum absolute atomic E-state index is 0.192. The van der Waals surface area contributed by atoms with Gasteiger partial charge in [-0.3, -0.25) is 0 Å². The molecule has 96 valence electrons. The van der Waals surface area contributed by atoms with Gasteiger partial charge in [-0.25, -0.2) is 4.98 Å². The molecular weight excluding hydrogens is 216 g/mol. The molecular formula is C12H22N4O. The zero-order valence-corrected chi connectivity index (χ0v) is 10.9. The zero-order valence-electron chi connectivity index (χ0n) is 10.9. The van der Waals surface area contributed by atoms with Crippen molar-refractivity contribution in [2.45, 2.75) is 32.7 Å². The fraction of sp³-hybridized carbons (Fsp3) is 0.667. The van der Waals surface area contributed by atoms with Crippen molar-refractivity contribution in [3.8, 4) is 5.88 Å². The number of anilines is 1. The summed E-state index contributed by atoms with van der Waals surface area (Å²) in [6.07, 6.45) is 3.61. The zero-order chi connectivity index (χ0) is 12.7. The number of nitrogens with two attached hydrogens (primary N) is 1. The van der Waals surface area contributed by atoms with E-state index in [1.54, 1.807) is 12.3 Å². The van der Waals surface area contributed by atoms with Crippen molar-refractivity contribution in [2.75, 3.05) is 25.1 Å². The standard InChI is InChI=1S/C12H22N4O/c1-4-9-17-11-5-7-14-12(15-11)16(3)8-6-10(2)13/h5,7,10H,4,6,8-9,13H2,1-3H3. The van der Waals surface area contributed by atoms with Crippen molar-refractivity contribution in [1.29, 1.82) is 0 Å². The highest BCUT2D eigenvalue weighted by atomic mass is 16.5. The van der Waals surface area contributed by atoms with E-state index in [-0.39, 0.29) is 6.04 Å². The van der Waals surface area contributed by atoms with Gasteiger partial charge in [-0.15, -0.1) is 0 Å². The van der Waals surface area contributed by atoms with Gasteiger partial charge >= 0.3 is 0 Å². The van der Waals surface area contributed by atoms with E-state index in [0.717, 1.165) is 19.4 Å². The summed E-state index contributed by atoms with van der Waals surface area (Å²) in [7, 11) is 1.96. The first-order valence-electron chi connectivity index (χ1n) is 6.06. The number of aromatic nitrogens is 2. The first-order valence-corrected chi connectivity index (χ1v) is 6.06. The summed E-state index contributed by atoms with van der Waals surface area (Å²) in [4.78, 5) is 10.5. The van der Waals surface area contributed by atoms with Crippen LogP contribution < -0.4 is 15.4 Å². The van der Waals surface area contributed by atoms with E-state index in [1.807, 2.05) is 18.9 Å². The Bertz CT molecular complexity index is 330. The summed E-state index contributed by atoms with van der Waals surface area (Å²) in [5, 5.41) is 0. The molecule has 1 rings (SSSR count). The Morgan fingerprint density at radius 2 is 2.29 bits per heavy atom. The molecule has 5 nitrogen and oxygen atoms in total. The molecule has 17 heavy (non-hydrogen) atoms. The maximum absolute atomic E-state index is 5.72. The molecule has 0 amide bonds. The Kier molecular flexibility index (Phi) is 5.69. The highest BCUT2D eigenvalue weighted by molar-refractivity contribution is 5.30. The van der Waals surface area contributed by atoms with Gasteiger partial charge in [-0.05, 0) is 19.8 Å². The first-order chi connectivity index (χ1) is 8.13. The van der Waals surface area contributed by atoms with Crippen molar-refractivity contribution in [2.24, 2.45) is 5.73 Å². The average Bonchev–Trinajstić information content (AvgIpc) is 2.33. The third-order valence-electron chi connectivity index (χ3n) is 2.33. The Hall–Kier alpha value is -1.36. The van der Waals surface area contributed by atoms with Gasteiger partial charge in [0.1, 0.15) is 0 Å². The Balaban J connectivity index is 2.57. The van der Waals surface area contributed by atoms with Crippen LogP contribution in [0.3, 0.4) is 0 Å². The van der Waals surface area contributed by atoms with Crippen LogP contribution in [0, 0.1) is 0 Å². The van der Waals surface area contributed by atoms with Crippen molar-refractivity contribution in [3.63, 3.8) is 0 Å². The van der Waals surface area contributed by atoms with Crippen LogP contribution in [0.15, 0.2) is 12.3 Å². The van der Waals surface area contributed by atoms with E-state index in [9.17, 15) is 0 Å². The van der Waals surface area contributed by atoms with Crippen molar-refractivity contribution in [1.82, 2.24) is 9.97 Å². The second-order valence-corrected chi connectivity index (χ2v) is 4.23. The Morgan fingerprint density at radius 3 is 2.94 bits per heavy atom. The highest BCUT2D eigenvalue weighted by Gasteiger charge is 2.06. The van der Waals surface area contributed by atoms with Crippen LogP contribution in [0.25, 0.3) is 0 Å². The molecule has 1 unspecified atom stereocenters. The first kappa shape index (κ1) is 13.7. The molecule has 0 fully saturated rings. The van der Waals surface area contributed by atoms with Crippen LogP contribution >= 0.6 is 0 Å². The van der Waals surface area contributed by atoms with Gasteiger partial charge in [0.15, 0.2) is 0 Å². The Morgan fingerprint density at radius 1 is 1.53 bits per heavy atom. The minimum Gasteiger partial charge on any atom is -0.478 e. The lowest BCUT2D eigenvalue weighted by atomic mass is 10.2. The number of ether oxygens (including phenoxy) is 1. The normalized spacial score (nSPS) is 12.2. The average molecular weight is 238 g/mol. The van der Waals surface area contributed by atoms with Crippen LogP contribution in [0.5, 0.6) is 5.88 Å². The van der Waals surface area contributed by atoms with Crippen molar-refractivity contribution in [3.05, 3.63) is 12.3 Å². The lowest BCUT2D eigenvalue weighted by Crippen LogP contribution is -2.27. The maximum Gasteiger partial charge on any atom is 0.228 e. The smallest absolute Gasteiger partial charge is 0.228 e. The number of hydrogen-bond donors (Lipinski definition) is 1. The SMILES string of the molecule is CCCOc1ccnc(N(C)CCC(C)N)n1. The third-order valence-corrected chi connectivity index (χ3v) is 2.33. The van der Waals surface area contributed by atoms with Crippen molar-refractivity contribution < 1.29 is 4.74 Å². The molecule has 0 aliphatic carbocycles. The van der Waals surface area contributed by atoms with E-state index in [2.05, 4.69) is 16.9 Å². The summed E-state index contributed by atoms with van der Waals surface area (Å²) >= 11 is 0. The summed E-state index contributed by atoms with van der Waals surface area (Å²) in [6, 6.07) is 1.97. The lowest BCUT2D eigenvalue weighted by molar-refractivity contribution is 0.305. The molecule has 0 aromatic carbocycles. The Labute approximate surface area is 103 Å². The molecule has 1 heterocycles. The molecule has 1 aromatic rings. The third kappa shape index (κ3) is 4.99. The molecule has 2 N–H and O–H groups in total. The number of nitrogens with zero attached hydrogens (tertiary/aromatic N) is 3. The minimum atomic E-state index is 0.192. The second kappa shape index (κ2) is 7.06. The van der Waals surface area contributed by atoms with Gasteiger partial charge in [0, 0.05) is 31.9 Å². The van der Waals surface area contributed by atoms with Crippen LogP contribution in [-0.2, 0) is 0 Å². The van der Waals surface area contributed by atoms with E-state index in [4.69, 9.17) is 10.5 Å². The fourth-order valence-corrected chi connectivity index (χ4v) is 1.30. The quantitative estimate of drug-likeness (QED) is 0.778. The molecule has 0 saturated heterocycles. The number of hydrogen-bond acceptors (Lipinski definition) is 5. The van der Waals surface area contributed by atoms with Crippen LogP contribution in [0.4, 0.5) is 5.95 Å². The molecule has 1 aromatic heterocycles. The molecule has 0 bridgehead atoms. The van der Waals surface area contributed by atoms with E-state index < -0.39 is 0 Å². The van der Waals surface area contributed by atoms with Gasteiger partial charge in [-0.1, -0.05) is 6.92 Å². The van der Waals surface area contributed by atoms with Gasteiger partial charge in [0.05, 0.1) is 6.61 Å². The van der Waals surface area contributed by atoms with Gasteiger partial charge in [-0.2, -0.15) is 4.98 Å². The van der Waals surface area contributed by atoms with Gasteiger partial charge in [0.2, 0.25) is 11.8 Å².